The van der Waals surface area contributed by atoms with Gasteiger partial charge in [0.2, 0.25) is 0 Å². The Morgan fingerprint density at radius 1 is 1.20 bits per heavy atom. The van der Waals surface area contributed by atoms with Crippen LogP contribution in [0.1, 0.15) is 50.4 Å². The smallest absolute Gasteiger partial charge is 0.134 e. The fourth-order valence-electron chi connectivity index (χ4n) is 3.09. The summed E-state index contributed by atoms with van der Waals surface area (Å²) in [6.07, 6.45) is 0.502. The summed E-state index contributed by atoms with van der Waals surface area (Å²) in [6, 6.07) is 2.21. The van der Waals surface area contributed by atoms with E-state index in [2.05, 4.69) is 38.7 Å². The number of morpholine rings is 1. The second-order valence-electron chi connectivity index (χ2n) is 6.32. The van der Waals surface area contributed by atoms with Gasteiger partial charge in [0.25, 0.3) is 0 Å². The molecule has 1 aromatic heterocycles. The molecule has 1 fully saturated rings. The van der Waals surface area contributed by atoms with Gasteiger partial charge in [-0.25, -0.2) is 4.98 Å². The van der Waals surface area contributed by atoms with E-state index in [1.54, 1.807) is 0 Å². The number of anilines is 1. The maximum atomic E-state index is 5.83. The number of hydrogen-bond acceptors (Lipinski definition) is 4. The van der Waals surface area contributed by atoms with E-state index in [0.717, 1.165) is 31.2 Å². The Balaban J connectivity index is 1.99. The molecular weight excluding hydrogens is 252 g/mol. The predicted octanol–water partition coefficient (Wildman–Crippen LogP) is 2.85. The molecular formula is C16H24N2O2. The molecule has 2 aliphatic rings. The molecule has 0 aromatic carbocycles. The summed E-state index contributed by atoms with van der Waals surface area (Å²) in [7, 11) is 0. The first kappa shape index (κ1) is 13.8. The van der Waals surface area contributed by atoms with Crippen molar-refractivity contribution in [3.63, 3.8) is 0 Å². The van der Waals surface area contributed by atoms with Crippen molar-refractivity contribution in [1.29, 1.82) is 0 Å². The minimum Gasteiger partial charge on any atom is -0.372 e. The fourth-order valence-corrected chi connectivity index (χ4v) is 3.09. The van der Waals surface area contributed by atoms with Crippen molar-refractivity contribution < 1.29 is 9.47 Å². The molecule has 1 saturated heterocycles. The first-order valence-corrected chi connectivity index (χ1v) is 7.55. The highest BCUT2D eigenvalue weighted by Gasteiger charge is 2.28. The topological polar surface area (TPSA) is 34.6 Å². The number of fused-ring (bicyclic) bond motifs is 1. The molecule has 0 unspecified atom stereocenters. The summed E-state index contributed by atoms with van der Waals surface area (Å²) in [6.45, 7) is 11.9. The highest BCUT2D eigenvalue weighted by atomic mass is 16.5. The highest BCUT2D eigenvalue weighted by Crippen LogP contribution is 2.32. The molecule has 2 aliphatic heterocycles. The van der Waals surface area contributed by atoms with Gasteiger partial charge in [0, 0.05) is 24.3 Å². The van der Waals surface area contributed by atoms with Crippen LogP contribution in [0.5, 0.6) is 0 Å². The second-order valence-corrected chi connectivity index (χ2v) is 6.32. The largest absolute Gasteiger partial charge is 0.372 e. The van der Waals surface area contributed by atoms with Crippen molar-refractivity contribution in [1.82, 2.24) is 4.98 Å². The second kappa shape index (κ2) is 5.34. The molecule has 0 radical (unpaired) electrons. The first-order chi connectivity index (χ1) is 9.54. The van der Waals surface area contributed by atoms with E-state index in [1.165, 1.54) is 11.1 Å². The predicted molar refractivity (Wildman–Crippen MR) is 79.0 cm³/mol. The van der Waals surface area contributed by atoms with Crippen LogP contribution in [0.2, 0.25) is 0 Å². The molecule has 3 rings (SSSR count). The number of pyridine rings is 1. The van der Waals surface area contributed by atoms with Crippen molar-refractivity contribution in [3.8, 4) is 0 Å². The molecule has 110 valence electrons. The van der Waals surface area contributed by atoms with Crippen LogP contribution in [0.15, 0.2) is 6.07 Å². The summed E-state index contributed by atoms with van der Waals surface area (Å²) >= 11 is 0. The van der Waals surface area contributed by atoms with Crippen LogP contribution in [0.25, 0.3) is 0 Å². The Morgan fingerprint density at radius 2 is 1.90 bits per heavy atom. The Labute approximate surface area is 121 Å². The summed E-state index contributed by atoms with van der Waals surface area (Å²) in [4.78, 5) is 7.30. The van der Waals surface area contributed by atoms with Crippen LogP contribution in [-0.2, 0) is 22.7 Å². The zero-order valence-corrected chi connectivity index (χ0v) is 12.8. The number of ether oxygens (including phenoxy) is 2. The third kappa shape index (κ3) is 2.54. The normalized spacial score (nSPS) is 26.1. The standard InChI is InChI=1S/C16H24N2O2/c1-10(2)15-5-13-8-19-9-14(13)16(17-15)18-6-11(3)20-12(4)7-18/h5,10-12H,6-9H2,1-4H3/t11-,12+. The van der Waals surface area contributed by atoms with Crippen molar-refractivity contribution in [2.24, 2.45) is 0 Å². The number of aromatic nitrogens is 1. The van der Waals surface area contributed by atoms with Gasteiger partial charge in [0.1, 0.15) is 5.82 Å². The number of nitrogens with zero attached hydrogens (tertiary/aromatic N) is 2. The lowest BCUT2D eigenvalue weighted by molar-refractivity contribution is -0.00557. The maximum absolute atomic E-state index is 5.83. The molecule has 0 amide bonds. The summed E-state index contributed by atoms with van der Waals surface area (Å²) in [5, 5.41) is 0. The van der Waals surface area contributed by atoms with Gasteiger partial charge in [-0.3, -0.25) is 0 Å². The van der Waals surface area contributed by atoms with E-state index in [4.69, 9.17) is 14.5 Å². The summed E-state index contributed by atoms with van der Waals surface area (Å²) in [5.74, 6) is 1.56. The van der Waals surface area contributed by atoms with Gasteiger partial charge in [0.15, 0.2) is 0 Å². The average molecular weight is 276 g/mol. The zero-order chi connectivity index (χ0) is 14.3. The van der Waals surface area contributed by atoms with E-state index in [9.17, 15) is 0 Å². The molecule has 0 aliphatic carbocycles. The lowest BCUT2D eigenvalue weighted by Gasteiger charge is -2.37. The van der Waals surface area contributed by atoms with Crippen molar-refractivity contribution >= 4 is 5.82 Å². The average Bonchev–Trinajstić information content (AvgIpc) is 2.84. The summed E-state index contributed by atoms with van der Waals surface area (Å²) in [5.41, 5.74) is 3.75. The van der Waals surface area contributed by atoms with Crippen LogP contribution in [-0.4, -0.2) is 30.3 Å². The van der Waals surface area contributed by atoms with Gasteiger partial charge in [0.05, 0.1) is 25.4 Å². The molecule has 0 bridgehead atoms. The minimum atomic E-state index is 0.251. The molecule has 1 aromatic rings. The number of rotatable bonds is 2. The first-order valence-electron chi connectivity index (χ1n) is 7.55. The van der Waals surface area contributed by atoms with Crippen LogP contribution in [0.4, 0.5) is 5.82 Å². The van der Waals surface area contributed by atoms with Crippen LogP contribution in [0.3, 0.4) is 0 Å². The molecule has 0 saturated carbocycles. The Kier molecular flexibility index (Phi) is 3.69. The molecule has 0 spiro atoms. The van der Waals surface area contributed by atoms with Crippen LogP contribution < -0.4 is 4.90 Å². The van der Waals surface area contributed by atoms with E-state index in [0.29, 0.717) is 12.5 Å². The molecule has 20 heavy (non-hydrogen) atoms. The lowest BCUT2D eigenvalue weighted by Crippen LogP contribution is -2.46. The molecule has 4 heteroatoms. The van der Waals surface area contributed by atoms with Crippen LogP contribution >= 0.6 is 0 Å². The fraction of sp³-hybridized carbons (Fsp3) is 0.688. The van der Waals surface area contributed by atoms with Gasteiger partial charge in [-0.2, -0.15) is 0 Å². The Bertz CT molecular complexity index is 491. The lowest BCUT2D eigenvalue weighted by atomic mass is 10.0. The molecule has 2 atom stereocenters. The minimum absolute atomic E-state index is 0.251. The van der Waals surface area contributed by atoms with Gasteiger partial charge in [-0.15, -0.1) is 0 Å². The van der Waals surface area contributed by atoms with Gasteiger partial charge in [-0.05, 0) is 31.4 Å². The highest BCUT2D eigenvalue weighted by molar-refractivity contribution is 5.53. The third-order valence-electron chi connectivity index (χ3n) is 4.03. The van der Waals surface area contributed by atoms with Gasteiger partial charge >= 0.3 is 0 Å². The van der Waals surface area contributed by atoms with E-state index in [1.807, 2.05) is 0 Å². The molecule has 4 nitrogen and oxygen atoms in total. The monoisotopic (exact) mass is 276 g/mol. The van der Waals surface area contributed by atoms with E-state index in [-0.39, 0.29) is 12.2 Å². The Morgan fingerprint density at radius 3 is 2.55 bits per heavy atom. The van der Waals surface area contributed by atoms with E-state index < -0.39 is 0 Å². The van der Waals surface area contributed by atoms with E-state index >= 15 is 0 Å². The van der Waals surface area contributed by atoms with Gasteiger partial charge < -0.3 is 14.4 Å². The maximum Gasteiger partial charge on any atom is 0.134 e. The van der Waals surface area contributed by atoms with Crippen molar-refractivity contribution in [3.05, 3.63) is 22.9 Å². The molecule has 3 heterocycles. The quantitative estimate of drug-likeness (QED) is 0.832. The summed E-state index contributed by atoms with van der Waals surface area (Å²) < 4.78 is 11.5. The van der Waals surface area contributed by atoms with Crippen molar-refractivity contribution in [2.45, 2.75) is 59.0 Å². The third-order valence-corrected chi connectivity index (χ3v) is 4.03. The van der Waals surface area contributed by atoms with Crippen LogP contribution in [0, 0.1) is 0 Å². The molecule has 0 N–H and O–H groups in total. The number of hydrogen-bond donors (Lipinski definition) is 0. The zero-order valence-electron chi connectivity index (χ0n) is 12.8. The van der Waals surface area contributed by atoms with Gasteiger partial charge in [-0.1, -0.05) is 13.8 Å². The Hall–Kier alpha value is -1.13. The van der Waals surface area contributed by atoms with Crippen molar-refractivity contribution in [2.75, 3.05) is 18.0 Å². The SMILES string of the molecule is CC(C)c1cc2c(c(N3C[C@@H](C)O[C@@H](C)C3)n1)COC2.